The fourth-order valence-corrected chi connectivity index (χ4v) is 1.45. The van der Waals surface area contributed by atoms with E-state index in [1.165, 1.54) is 0 Å². The molecule has 0 spiro atoms. The van der Waals surface area contributed by atoms with Crippen LogP contribution in [0, 0.1) is 0 Å². The Morgan fingerprint density at radius 2 is 1.78 bits per heavy atom. The van der Waals surface area contributed by atoms with Crippen LogP contribution in [0.5, 0.6) is 0 Å². The first-order chi connectivity index (χ1) is 8.40. The summed E-state index contributed by atoms with van der Waals surface area (Å²) in [6.45, 7) is 0. The molecule has 0 fully saturated rings. The van der Waals surface area contributed by atoms with E-state index in [4.69, 9.17) is 27.5 Å². The first kappa shape index (κ1) is 14.3. The molecule has 0 saturated heterocycles. The van der Waals surface area contributed by atoms with Crippen molar-refractivity contribution in [3.8, 4) is 0 Å². The highest BCUT2D eigenvalue weighted by atomic mass is 35.5. The summed E-state index contributed by atoms with van der Waals surface area (Å²) in [5.41, 5.74) is 5.84. The molecule has 0 amide bonds. The highest BCUT2D eigenvalue weighted by Gasteiger charge is 2.24. The number of nitrogens with two attached hydrogens (primary N) is 1. The molecule has 0 radical (unpaired) electrons. The normalized spacial score (nSPS) is 13.7. The smallest absolute Gasteiger partial charge is 0.326 e. The lowest BCUT2D eigenvalue weighted by molar-refractivity contribution is -0.140. The van der Waals surface area contributed by atoms with Gasteiger partial charge in [0.2, 0.25) is 0 Å². The Morgan fingerprint density at radius 1 is 1.22 bits per heavy atom. The van der Waals surface area contributed by atoms with Crippen molar-refractivity contribution in [2.75, 3.05) is 5.32 Å². The maximum atomic E-state index is 11.0. The molecule has 0 aliphatic carbocycles. The Morgan fingerprint density at radius 3 is 2.22 bits per heavy atom. The molecular weight excluding hydrogens is 260 g/mol. The van der Waals surface area contributed by atoms with Crippen LogP contribution in [0.25, 0.3) is 0 Å². The third-order valence-corrected chi connectivity index (χ3v) is 2.54. The topological polar surface area (TPSA) is 113 Å². The van der Waals surface area contributed by atoms with E-state index in [1.54, 1.807) is 24.3 Å². The summed E-state index contributed by atoms with van der Waals surface area (Å²) in [4.78, 5) is 21.6. The van der Waals surface area contributed by atoms with E-state index in [9.17, 15) is 9.59 Å². The van der Waals surface area contributed by atoms with Gasteiger partial charge in [-0.05, 0) is 24.3 Å². The monoisotopic (exact) mass is 272 g/mol. The second-order valence-corrected chi connectivity index (χ2v) is 4.16. The Balaban J connectivity index is 2.71. The van der Waals surface area contributed by atoms with Crippen molar-refractivity contribution in [3.63, 3.8) is 0 Å². The van der Waals surface area contributed by atoms with Gasteiger partial charge in [0.25, 0.3) is 0 Å². The van der Waals surface area contributed by atoms with E-state index in [1.807, 2.05) is 0 Å². The van der Waals surface area contributed by atoms with Gasteiger partial charge >= 0.3 is 11.9 Å². The lowest BCUT2D eigenvalue weighted by Gasteiger charge is -2.17. The molecule has 0 aromatic heterocycles. The van der Waals surface area contributed by atoms with Gasteiger partial charge in [0, 0.05) is 17.1 Å². The lowest BCUT2D eigenvalue weighted by Crippen LogP contribution is -2.40. The molecule has 7 heteroatoms. The molecule has 0 aliphatic rings. The van der Waals surface area contributed by atoms with Crippen molar-refractivity contribution in [1.82, 2.24) is 0 Å². The predicted molar refractivity (Wildman–Crippen MR) is 66.7 cm³/mol. The minimum absolute atomic E-state index is 0.215. The molecule has 98 valence electrons. The van der Waals surface area contributed by atoms with Crippen LogP contribution < -0.4 is 11.1 Å². The largest absolute Gasteiger partial charge is 0.480 e. The molecule has 1 unspecified atom stereocenters. The minimum Gasteiger partial charge on any atom is -0.480 e. The maximum absolute atomic E-state index is 11.0. The van der Waals surface area contributed by atoms with Crippen LogP contribution in [-0.2, 0) is 9.59 Å². The molecule has 0 heterocycles. The van der Waals surface area contributed by atoms with Gasteiger partial charge in [0.05, 0.1) is 0 Å². The number of benzene rings is 1. The molecule has 6 nitrogen and oxygen atoms in total. The van der Waals surface area contributed by atoms with E-state index in [2.05, 4.69) is 5.32 Å². The van der Waals surface area contributed by atoms with Crippen LogP contribution in [0.3, 0.4) is 0 Å². The molecule has 0 bridgehead atoms. The van der Waals surface area contributed by atoms with Gasteiger partial charge in [-0.1, -0.05) is 11.6 Å². The average Bonchev–Trinajstić information content (AvgIpc) is 2.30. The Hall–Kier alpha value is -1.79. The van der Waals surface area contributed by atoms with Crippen LogP contribution >= 0.6 is 11.6 Å². The van der Waals surface area contributed by atoms with Gasteiger partial charge in [0.15, 0.2) is 0 Å². The van der Waals surface area contributed by atoms with Crippen LogP contribution in [0.2, 0.25) is 5.02 Å². The molecule has 1 rings (SSSR count). The number of nitrogens with one attached hydrogen (secondary N) is 1. The summed E-state index contributed by atoms with van der Waals surface area (Å²) in [5, 5.41) is 20.8. The van der Waals surface area contributed by atoms with Crippen molar-refractivity contribution in [1.29, 1.82) is 0 Å². The number of carboxylic acid groups (broad SMARTS) is 2. The molecule has 1 aromatic rings. The Bertz CT molecular complexity index is 435. The second-order valence-electron chi connectivity index (χ2n) is 3.72. The third-order valence-electron chi connectivity index (χ3n) is 2.29. The number of anilines is 1. The van der Waals surface area contributed by atoms with Crippen molar-refractivity contribution < 1.29 is 19.8 Å². The zero-order valence-corrected chi connectivity index (χ0v) is 10.1. The van der Waals surface area contributed by atoms with E-state index in [0.29, 0.717) is 10.7 Å². The fraction of sp³-hybridized carbons (Fsp3) is 0.273. The van der Waals surface area contributed by atoms with Gasteiger partial charge in [-0.25, -0.2) is 4.79 Å². The number of aliphatic carboxylic acids is 2. The van der Waals surface area contributed by atoms with Gasteiger partial charge in [-0.3, -0.25) is 4.79 Å². The van der Waals surface area contributed by atoms with Crippen LogP contribution in [0.1, 0.15) is 6.42 Å². The highest BCUT2D eigenvalue weighted by Crippen LogP contribution is 2.15. The first-order valence-corrected chi connectivity index (χ1v) is 5.51. The number of halogens is 1. The Labute approximate surface area is 108 Å². The van der Waals surface area contributed by atoms with E-state index >= 15 is 0 Å². The molecule has 1 aromatic carbocycles. The van der Waals surface area contributed by atoms with E-state index < -0.39 is 24.0 Å². The summed E-state index contributed by atoms with van der Waals surface area (Å²) in [7, 11) is 0. The quantitative estimate of drug-likeness (QED) is 0.615. The number of carboxylic acids is 2. The van der Waals surface area contributed by atoms with Crippen molar-refractivity contribution >= 4 is 29.2 Å². The summed E-state index contributed by atoms with van der Waals surface area (Å²) in [5.74, 6) is -2.40. The summed E-state index contributed by atoms with van der Waals surface area (Å²) in [6.07, 6.45) is -0.215. The zero-order valence-electron chi connectivity index (χ0n) is 9.34. The van der Waals surface area contributed by atoms with Crippen LogP contribution in [-0.4, -0.2) is 34.2 Å². The van der Waals surface area contributed by atoms with Gasteiger partial charge < -0.3 is 21.3 Å². The van der Waals surface area contributed by atoms with Crippen LogP contribution in [0.4, 0.5) is 5.69 Å². The minimum atomic E-state index is -1.24. The molecule has 0 aliphatic heterocycles. The van der Waals surface area contributed by atoms with Crippen molar-refractivity contribution in [2.45, 2.75) is 18.5 Å². The number of rotatable bonds is 6. The molecular formula is C11H13ClN2O4. The predicted octanol–water partition coefficient (Wildman–Crippen LogP) is 1.01. The molecule has 0 saturated carbocycles. The third kappa shape index (κ3) is 4.23. The van der Waals surface area contributed by atoms with Gasteiger partial charge in [-0.15, -0.1) is 0 Å². The SMILES string of the molecule is N[C@@H](CC(Nc1ccc(Cl)cc1)C(=O)O)C(=O)O. The zero-order chi connectivity index (χ0) is 13.7. The highest BCUT2D eigenvalue weighted by molar-refractivity contribution is 6.30. The maximum Gasteiger partial charge on any atom is 0.326 e. The summed E-state index contributed by atoms with van der Waals surface area (Å²) < 4.78 is 0. The van der Waals surface area contributed by atoms with Crippen LogP contribution in [0.15, 0.2) is 24.3 Å². The van der Waals surface area contributed by atoms with E-state index in [0.717, 1.165) is 0 Å². The van der Waals surface area contributed by atoms with Gasteiger partial charge in [0.1, 0.15) is 12.1 Å². The number of hydrogen-bond acceptors (Lipinski definition) is 4. The summed E-state index contributed by atoms with van der Waals surface area (Å²) in [6, 6.07) is 4.10. The molecule has 18 heavy (non-hydrogen) atoms. The number of hydrogen-bond donors (Lipinski definition) is 4. The lowest BCUT2D eigenvalue weighted by atomic mass is 10.1. The fourth-order valence-electron chi connectivity index (χ4n) is 1.32. The average molecular weight is 273 g/mol. The standard InChI is InChI=1S/C11H13ClN2O4/c12-6-1-3-7(4-2-6)14-9(11(17)18)5-8(13)10(15)16/h1-4,8-9,14H,5,13H2,(H,15,16)(H,17,18)/t8-,9?/m0/s1. The molecule has 5 N–H and O–H groups in total. The first-order valence-electron chi connectivity index (χ1n) is 5.13. The van der Waals surface area contributed by atoms with E-state index in [-0.39, 0.29) is 6.42 Å². The van der Waals surface area contributed by atoms with Crippen molar-refractivity contribution in [3.05, 3.63) is 29.3 Å². The van der Waals surface area contributed by atoms with Gasteiger partial charge in [-0.2, -0.15) is 0 Å². The summed E-state index contributed by atoms with van der Waals surface area (Å²) >= 11 is 5.69. The second kappa shape index (κ2) is 6.23. The number of carbonyl (C=O) groups is 2. The van der Waals surface area contributed by atoms with Crippen molar-refractivity contribution in [2.24, 2.45) is 5.73 Å². The Kier molecular flexibility index (Phi) is 4.94. The molecule has 2 atom stereocenters.